The Labute approximate surface area is 178 Å². The summed E-state index contributed by atoms with van der Waals surface area (Å²) in [6, 6.07) is 13.0. The minimum atomic E-state index is 0.0304. The molecular formula is C24H28N4S. The highest BCUT2D eigenvalue weighted by atomic mass is 32.1. The smallest absolute Gasteiger partial charge is 0.169 e. The van der Waals surface area contributed by atoms with Gasteiger partial charge in [0.2, 0.25) is 0 Å². The second kappa shape index (κ2) is 7.30. The van der Waals surface area contributed by atoms with Gasteiger partial charge in [-0.2, -0.15) is 0 Å². The lowest BCUT2D eigenvalue weighted by atomic mass is 9.97. The zero-order valence-corrected chi connectivity index (χ0v) is 18.8. The summed E-state index contributed by atoms with van der Waals surface area (Å²) in [7, 11) is 2.07. The van der Waals surface area contributed by atoms with Crippen LogP contribution in [0, 0.1) is 34.6 Å². The molecule has 3 aromatic rings. The molecule has 0 spiro atoms. The van der Waals surface area contributed by atoms with Crippen LogP contribution in [-0.4, -0.2) is 26.6 Å². The average Bonchev–Trinajstić information content (AvgIpc) is 3.12. The van der Waals surface area contributed by atoms with Gasteiger partial charge in [-0.3, -0.25) is 4.98 Å². The van der Waals surface area contributed by atoms with Gasteiger partial charge in [-0.05, 0) is 81.7 Å². The van der Waals surface area contributed by atoms with Crippen LogP contribution in [0.3, 0.4) is 0 Å². The molecule has 1 aliphatic rings. The van der Waals surface area contributed by atoms with Gasteiger partial charge in [-0.25, -0.2) is 0 Å². The largest absolute Gasteiger partial charge is 0.352 e. The summed E-state index contributed by atoms with van der Waals surface area (Å²) < 4.78 is 2.39. The predicted molar refractivity (Wildman–Crippen MR) is 123 cm³/mol. The third-order valence-corrected chi connectivity index (χ3v) is 6.39. The minimum Gasteiger partial charge on any atom is -0.352 e. The van der Waals surface area contributed by atoms with E-state index in [1.54, 1.807) is 0 Å². The number of aryl methyl sites for hydroxylation is 4. The zero-order valence-electron chi connectivity index (χ0n) is 17.9. The van der Waals surface area contributed by atoms with E-state index in [9.17, 15) is 0 Å². The SMILES string of the molecule is Cc1cc(C)c(-n2c(C)cc([C@H]3[C@H](c4ccccn4)NC(=S)N3C)c2C)c(C)c1. The Balaban J connectivity index is 1.86. The fourth-order valence-corrected chi connectivity index (χ4v) is 5.04. The molecule has 3 heterocycles. The van der Waals surface area contributed by atoms with Gasteiger partial charge < -0.3 is 14.8 Å². The molecule has 1 fully saturated rings. The summed E-state index contributed by atoms with van der Waals surface area (Å²) in [4.78, 5) is 6.77. The minimum absolute atomic E-state index is 0.0304. The van der Waals surface area contributed by atoms with Crippen LogP contribution in [0.25, 0.3) is 5.69 Å². The van der Waals surface area contributed by atoms with E-state index in [2.05, 4.69) is 85.7 Å². The van der Waals surface area contributed by atoms with E-state index < -0.39 is 0 Å². The van der Waals surface area contributed by atoms with Crippen molar-refractivity contribution in [2.24, 2.45) is 0 Å². The van der Waals surface area contributed by atoms with Crippen LogP contribution in [0.2, 0.25) is 0 Å². The Morgan fingerprint density at radius 2 is 1.69 bits per heavy atom. The summed E-state index contributed by atoms with van der Waals surface area (Å²) in [6.45, 7) is 10.9. The van der Waals surface area contributed by atoms with Crippen molar-refractivity contribution in [1.82, 2.24) is 19.8 Å². The molecule has 0 amide bonds. The second-order valence-electron chi connectivity index (χ2n) is 8.15. The molecule has 0 aliphatic carbocycles. The average molecular weight is 405 g/mol. The number of aromatic nitrogens is 2. The lowest BCUT2D eigenvalue weighted by Gasteiger charge is -2.25. The van der Waals surface area contributed by atoms with Crippen molar-refractivity contribution >= 4 is 17.3 Å². The highest BCUT2D eigenvalue weighted by molar-refractivity contribution is 7.80. The van der Waals surface area contributed by atoms with Crippen LogP contribution in [-0.2, 0) is 0 Å². The van der Waals surface area contributed by atoms with Gasteiger partial charge in [0.25, 0.3) is 0 Å². The van der Waals surface area contributed by atoms with E-state index in [0.717, 1.165) is 10.8 Å². The lowest BCUT2D eigenvalue weighted by molar-refractivity contribution is 0.367. The first kappa shape index (κ1) is 19.6. The first-order chi connectivity index (χ1) is 13.8. The number of hydrogen-bond donors (Lipinski definition) is 1. The van der Waals surface area contributed by atoms with Gasteiger partial charge in [0.1, 0.15) is 0 Å². The molecule has 5 heteroatoms. The summed E-state index contributed by atoms with van der Waals surface area (Å²) in [5.74, 6) is 0. The first-order valence-corrected chi connectivity index (χ1v) is 10.4. The number of rotatable bonds is 3. The molecule has 2 aromatic heterocycles. The van der Waals surface area contributed by atoms with Gasteiger partial charge in [-0.15, -0.1) is 0 Å². The molecule has 4 nitrogen and oxygen atoms in total. The lowest BCUT2D eigenvalue weighted by Crippen LogP contribution is -2.25. The zero-order chi connectivity index (χ0) is 20.9. The highest BCUT2D eigenvalue weighted by Crippen LogP contribution is 2.41. The van der Waals surface area contributed by atoms with Gasteiger partial charge in [-0.1, -0.05) is 23.8 Å². The Morgan fingerprint density at radius 1 is 1.00 bits per heavy atom. The summed E-state index contributed by atoms with van der Waals surface area (Å²) in [5, 5.41) is 4.24. The molecule has 0 unspecified atom stereocenters. The fraction of sp³-hybridized carbons (Fsp3) is 0.333. The molecule has 29 heavy (non-hydrogen) atoms. The maximum atomic E-state index is 5.61. The number of nitrogens with zero attached hydrogens (tertiary/aromatic N) is 3. The molecule has 0 saturated carbocycles. The topological polar surface area (TPSA) is 33.1 Å². The number of benzene rings is 1. The Morgan fingerprint density at radius 3 is 2.31 bits per heavy atom. The van der Waals surface area contributed by atoms with Gasteiger partial charge in [0.15, 0.2) is 5.11 Å². The maximum absolute atomic E-state index is 5.61. The summed E-state index contributed by atoms with van der Waals surface area (Å²) in [5.41, 5.74) is 9.95. The van der Waals surface area contributed by atoms with Crippen molar-refractivity contribution in [2.75, 3.05) is 7.05 Å². The van der Waals surface area contributed by atoms with Crippen LogP contribution in [0.4, 0.5) is 0 Å². The highest BCUT2D eigenvalue weighted by Gasteiger charge is 2.39. The molecule has 1 aliphatic heterocycles. The van der Waals surface area contributed by atoms with Crippen molar-refractivity contribution < 1.29 is 0 Å². The summed E-state index contributed by atoms with van der Waals surface area (Å²) in [6.07, 6.45) is 1.84. The van der Waals surface area contributed by atoms with Crippen molar-refractivity contribution in [1.29, 1.82) is 0 Å². The predicted octanol–water partition coefficient (Wildman–Crippen LogP) is 5.02. The van der Waals surface area contributed by atoms with Crippen LogP contribution in [0.1, 0.15) is 51.4 Å². The molecule has 0 bridgehead atoms. The number of likely N-dealkylation sites (N-methyl/N-ethyl adjacent to an activating group) is 1. The van der Waals surface area contributed by atoms with E-state index in [1.165, 1.54) is 39.3 Å². The maximum Gasteiger partial charge on any atom is 0.169 e. The monoisotopic (exact) mass is 404 g/mol. The van der Waals surface area contributed by atoms with Crippen LogP contribution in [0.15, 0.2) is 42.6 Å². The van der Waals surface area contributed by atoms with Gasteiger partial charge >= 0.3 is 0 Å². The molecule has 1 aromatic carbocycles. The molecule has 4 rings (SSSR count). The normalized spacial score (nSPS) is 19.0. The van der Waals surface area contributed by atoms with Crippen LogP contribution >= 0.6 is 12.2 Å². The molecule has 0 radical (unpaired) electrons. The van der Waals surface area contributed by atoms with E-state index in [0.29, 0.717) is 0 Å². The third-order valence-electron chi connectivity index (χ3n) is 5.99. The van der Waals surface area contributed by atoms with Gasteiger partial charge in [0, 0.05) is 24.6 Å². The van der Waals surface area contributed by atoms with Crippen LogP contribution in [0.5, 0.6) is 0 Å². The van der Waals surface area contributed by atoms with E-state index in [1.807, 2.05) is 18.3 Å². The Kier molecular flexibility index (Phi) is 4.95. The first-order valence-electron chi connectivity index (χ1n) is 10.0. The van der Waals surface area contributed by atoms with Crippen molar-refractivity contribution in [3.63, 3.8) is 0 Å². The van der Waals surface area contributed by atoms with Crippen molar-refractivity contribution in [3.8, 4) is 5.69 Å². The molecular weight excluding hydrogens is 376 g/mol. The number of thiocarbonyl (C=S) groups is 1. The number of nitrogens with one attached hydrogen (secondary N) is 1. The van der Waals surface area contributed by atoms with Gasteiger partial charge in [0.05, 0.1) is 23.5 Å². The fourth-order valence-electron chi connectivity index (χ4n) is 4.80. The molecule has 1 N–H and O–H groups in total. The molecule has 150 valence electrons. The van der Waals surface area contributed by atoms with Crippen molar-refractivity contribution in [2.45, 2.75) is 46.7 Å². The Hall–Kier alpha value is -2.66. The van der Waals surface area contributed by atoms with E-state index >= 15 is 0 Å². The third kappa shape index (κ3) is 3.23. The van der Waals surface area contributed by atoms with Crippen LogP contribution < -0.4 is 5.32 Å². The number of pyridine rings is 1. The molecule has 1 saturated heterocycles. The van der Waals surface area contributed by atoms with E-state index in [4.69, 9.17) is 12.2 Å². The standard InChI is InChI=1S/C24H28N4S/c1-14-11-15(2)22(16(3)12-14)28-17(4)13-19(18(28)5)23-21(26-24(29)27(23)6)20-9-7-8-10-25-20/h7-13,21,23H,1-6H3,(H,26,29)/t21-,23-/m0/s1. The Bertz CT molecular complexity index is 1060. The second-order valence-corrected chi connectivity index (χ2v) is 8.53. The number of hydrogen-bond acceptors (Lipinski definition) is 2. The van der Waals surface area contributed by atoms with Crippen molar-refractivity contribution in [3.05, 3.63) is 81.9 Å². The quantitative estimate of drug-likeness (QED) is 0.622. The summed E-state index contributed by atoms with van der Waals surface area (Å²) >= 11 is 5.61. The van der Waals surface area contributed by atoms with E-state index in [-0.39, 0.29) is 12.1 Å². The molecule has 2 atom stereocenters.